The normalized spacial score (nSPS) is 12.3. The highest BCUT2D eigenvalue weighted by atomic mass is 125. The van der Waals surface area contributed by atoms with E-state index < -0.39 is 24.4 Å². The first-order valence-corrected chi connectivity index (χ1v) is 10.3. The van der Waals surface area contributed by atoms with Crippen LogP contribution in [0.4, 0.5) is 4.79 Å². The lowest BCUT2D eigenvalue weighted by Gasteiger charge is -2.19. The van der Waals surface area contributed by atoms with Crippen molar-refractivity contribution in [1.29, 1.82) is 0 Å². The number of alkyl carbamates (subject to hydrolysis) is 1. The number of nitrogens with one attached hydrogen (secondary N) is 2. The zero-order chi connectivity index (χ0) is 21.6. The predicted octanol–water partition coefficient (Wildman–Crippen LogP) is 2.67. The summed E-state index contributed by atoms with van der Waals surface area (Å²) in [4.78, 5) is 45.5. The summed E-state index contributed by atoms with van der Waals surface area (Å²) < 4.78 is 10.7. The largest absolute Gasteiger partial charge is 0.479 e. The second-order valence-corrected chi connectivity index (χ2v) is 7.39. The molecule has 0 bridgehead atoms. The molecule has 160 valence electrons. The molecule has 0 aliphatic heterocycles. The van der Waals surface area contributed by atoms with Crippen molar-refractivity contribution in [2.75, 3.05) is 6.54 Å². The SMILES string of the molecule is CCC[C@H](OC(=O)N[C@@H](CCCCNC(=O)c1ccc([125I])cc1)OC=O)C(=O)O. The Morgan fingerprint density at radius 1 is 1.17 bits per heavy atom. The van der Waals surface area contributed by atoms with E-state index in [4.69, 9.17) is 14.6 Å². The predicted molar refractivity (Wildman–Crippen MR) is 112 cm³/mol. The minimum atomic E-state index is -1.26. The fraction of sp³-hybridized carbons (Fsp3) is 0.474. The first-order chi connectivity index (χ1) is 13.9. The third kappa shape index (κ3) is 10.1. The van der Waals surface area contributed by atoms with E-state index >= 15 is 0 Å². The van der Waals surface area contributed by atoms with Gasteiger partial charge in [0.1, 0.15) is 0 Å². The van der Waals surface area contributed by atoms with Gasteiger partial charge in [-0.2, -0.15) is 0 Å². The fourth-order valence-corrected chi connectivity index (χ4v) is 2.75. The number of carboxylic acid groups (broad SMARTS) is 1. The number of ether oxygens (including phenoxy) is 2. The summed E-state index contributed by atoms with van der Waals surface area (Å²) in [5, 5.41) is 14.1. The smallest absolute Gasteiger partial charge is 0.410 e. The van der Waals surface area contributed by atoms with Crippen LogP contribution in [-0.4, -0.2) is 48.4 Å². The number of carbonyl (C=O) groups excluding carboxylic acids is 3. The number of benzene rings is 1. The Morgan fingerprint density at radius 2 is 1.86 bits per heavy atom. The van der Waals surface area contributed by atoms with Gasteiger partial charge in [-0.25, -0.2) is 9.59 Å². The maximum atomic E-state index is 12.0. The van der Waals surface area contributed by atoms with Gasteiger partial charge in [0.15, 0.2) is 6.23 Å². The number of halogens is 1. The molecule has 0 aliphatic carbocycles. The Labute approximate surface area is 182 Å². The van der Waals surface area contributed by atoms with E-state index in [1.165, 1.54) is 0 Å². The molecule has 0 aromatic heterocycles. The average Bonchev–Trinajstić information content (AvgIpc) is 2.67. The van der Waals surface area contributed by atoms with Gasteiger partial charge in [0, 0.05) is 22.1 Å². The molecule has 9 nitrogen and oxygen atoms in total. The molecule has 0 heterocycles. The van der Waals surface area contributed by atoms with Gasteiger partial charge >= 0.3 is 12.1 Å². The maximum absolute atomic E-state index is 12.0. The van der Waals surface area contributed by atoms with Crippen LogP contribution in [0.1, 0.15) is 49.4 Å². The Kier molecular flexibility index (Phi) is 11.7. The molecule has 0 unspecified atom stereocenters. The highest BCUT2D eigenvalue weighted by molar-refractivity contribution is 14.1. The molecule has 1 aromatic carbocycles. The Hall–Kier alpha value is -2.37. The third-order valence-electron chi connectivity index (χ3n) is 3.86. The van der Waals surface area contributed by atoms with Crippen molar-refractivity contribution in [3.8, 4) is 0 Å². The lowest BCUT2D eigenvalue weighted by molar-refractivity contribution is -0.147. The van der Waals surface area contributed by atoms with Gasteiger partial charge in [-0.1, -0.05) is 13.3 Å². The summed E-state index contributed by atoms with van der Waals surface area (Å²) >= 11 is 2.16. The number of hydrogen-bond acceptors (Lipinski definition) is 6. The van der Waals surface area contributed by atoms with E-state index in [-0.39, 0.29) is 18.8 Å². The van der Waals surface area contributed by atoms with Crippen LogP contribution in [0.5, 0.6) is 0 Å². The Morgan fingerprint density at radius 3 is 2.45 bits per heavy atom. The van der Waals surface area contributed by atoms with Crippen molar-refractivity contribution < 1.29 is 33.8 Å². The van der Waals surface area contributed by atoms with Crippen LogP contribution < -0.4 is 10.6 Å². The summed E-state index contributed by atoms with van der Waals surface area (Å²) in [6.45, 7) is 2.39. The molecule has 2 amide bonds. The Balaban J connectivity index is 2.35. The van der Waals surface area contributed by atoms with Crippen LogP contribution in [0.3, 0.4) is 0 Å². The van der Waals surface area contributed by atoms with Gasteiger partial charge < -0.3 is 19.9 Å². The summed E-state index contributed by atoms with van der Waals surface area (Å²) in [5.74, 6) is -1.42. The molecule has 2 atom stereocenters. The molecule has 0 spiro atoms. The number of unbranched alkanes of at least 4 members (excludes halogenated alkanes) is 1. The molecule has 0 fully saturated rings. The van der Waals surface area contributed by atoms with Crippen LogP contribution in [0.25, 0.3) is 0 Å². The number of amides is 2. The molecular weight excluding hydrogens is 493 g/mol. The molecule has 1 aromatic rings. The summed E-state index contributed by atoms with van der Waals surface area (Å²) in [7, 11) is 0. The molecule has 0 aliphatic rings. The number of carbonyl (C=O) groups is 4. The van der Waals surface area contributed by atoms with Crippen LogP contribution >= 0.6 is 22.6 Å². The molecule has 10 heteroatoms. The van der Waals surface area contributed by atoms with Crippen molar-refractivity contribution in [1.82, 2.24) is 10.6 Å². The van der Waals surface area contributed by atoms with Crippen LogP contribution in [-0.2, 0) is 19.1 Å². The zero-order valence-corrected chi connectivity index (χ0v) is 18.2. The van der Waals surface area contributed by atoms with Crippen molar-refractivity contribution >= 4 is 47.0 Å². The van der Waals surface area contributed by atoms with E-state index in [0.717, 1.165) is 3.57 Å². The second kappa shape index (κ2) is 13.7. The maximum Gasteiger partial charge on any atom is 0.410 e. The van der Waals surface area contributed by atoms with E-state index in [9.17, 15) is 19.2 Å². The van der Waals surface area contributed by atoms with Crippen LogP contribution in [0, 0.1) is 3.57 Å². The molecule has 0 radical (unpaired) electrons. The van der Waals surface area contributed by atoms with Gasteiger partial charge in [-0.05, 0) is 66.1 Å². The van der Waals surface area contributed by atoms with Gasteiger partial charge in [0.25, 0.3) is 12.4 Å². The van der Waals surface area contributed by atoms with Crippen LogP contribution in [0.2, 0.25) is 0 Å². The quantitative estimate of drug-likeness (QED) is 0.158. The van der Waals surface area contributed by atoms with E-state index in [0.29, 0.717) is 37.8 Å². The zero-order valence-electron chi connectivity index (χ0n) is 16.1. The summed E-state index contributed by atoms with van der Waals surface area (Å²) in [6, 6.07) is 7.17. The topological polar surface area (TPSA) is 131 Å². The number of aliphatic carboxylic acids is 1. The van der Waals surface area contributed by atoms with Crippen molar-refractivity contribution in [2.45, 2.75) is 51.4 Å². The molecule has 29 heavy (non-hydrogen) atoms. The molecule has 3 N–H and O–H groups in total. The minimum Gasteiger partial charge on any atom is -0.479 e. The summed E-state index contributed by atoms with van der Waals surface area (Å²) in [6.07, 6.45) is -1.02. The molecular formula is C19H25IN2O7. The number of rotatable bonds is 13. The highest BCUT2D eigenvalue weighted by Crippen LogP contribution is 2.08. The van der Waals surface area contributed by atoms with Gasteiger partial charge in [0.05, 0.1) is 0 Å². The Bertz CT molecular complexity index is 682. The third-order valence-corrected chi connectivity index (χ3v) is 4.58. The van der Waals surface area contributed by atoms with Gasteiger partial charge in [0.2, 0.25) is 6.10 Å². The van der Waals surface area contributed by atoms with E-state index in [1.807, 2.05) is 12.1 Å². The van der Waals surface area contributed by atoms with E-state index in [2.05, 4.69) is 33.2 Å². The van der Waals surface area contributed by atoms with Crippen molar-refractivity contribution in [3.05, 3.63) is 33.4 Å². The first kappa shape index (κ1) is 24.7. The molecule has 0 saturated heterocycles. The number of hydrogen-bond donors (Lipinski definition) is 3. The van der Waals surface area contributed by atoms with Crippen molar-refractivity contribution in [2.24, 2.45) is 0 Å². The lowest BCUT2D eigenvalue weighted by atomic mass is 10.2. The molecule has 1 rings (SSSR count). The fourth-order valence-electron chi connectivity index (χ4n) is 2.39. The first-order valence-electron chi connectivity index (χ1n) is 9.20. The monoisotopic (exact) mass is 518 g/mol. The molecule has 0 saturated carbocycles. The minimum absolute atomic E-state index is 0.181. The van der Waals surface area contributed by atoms with Crippen molar-refractivity contribution in [3.63, 3.8) is 0 Å². The highest BCUT2D eigenvalue weighted by Gasteiger charge is 2.23. The average molecular weight is 518 g/mol. The number of carboxylic acids is 1. The van der Waals surface area contributed by atoms with Gasteiger partial charge in [-0.15, -0.1) is 0 Å². The van der Waals surface area contributed by atoms with E-state index in [1.54, 1.807) is 19.1 Å². The second-order valence-electron chi connectivity index (χ2n) is 6.14. The standard InChI is InChI=1S/C19H25IN2O7/c1-2-5-15(18(25)26)29-19(27)22-16(28-12-23)6-3-4-11-21-17(24)13-7-9-14(20)10-8-13/h7-10,12,15-16H,2-6,11H2,1H3,(H,21,24)(H,22,27)(H,25,26)/t15-,16+/m0/s1/i20-2. The summed E-state index contributed by atoms with van der Waals surface area (Å²) in [5.41, 5.74) is 0.567. The lowest BCUT2D eigenvalue weighted by Crippen LogP contribution is -2.40. The van der Waals surface area contributed by atoms with Crippen LogP contribution in [0.15, 0.2) is 24.3 Å². The van der Waals surface area contributed by atoms with Gasteiger partial charge in [-0.3, -0.25) is 14.9 Å².